The summed E-state index contributed by atoms with van der Waals surface area (Å²) < 4.78 is 37.4. The molecule has 8 heteroatoms. The van der Waals surface area contributed by atoms with Gasteiger partial charge in [0.05, 0.1) is 0 Å². The van der Waals surface area contributed by atoms with E-state index in [1.165, 1.54) is 7.05 Å². The Kier molecular flexibility index (Phi) is 2.36. The van der Waals surface area contributed by atoms with E-state index in [4.69, 9.17) is 0 Å². The highest BCUT2D eigenvalue weighted by molar-refractivity contribution is 5.93. The molecule has 0 saturated heterocycles. The number of hydrogen-bond donors (Lipinski definition) is 1. The molecule has 1 amide bonds. The third-order valence-electron chi connectivity index (χ3n) is 2.11. The predicted molar refractivity (Wildman–Crippen MR) is 46.5 cm³/mol. The highest BCUT2D eigenvalue weighted by Gasteiger charge is 2.41. The molecule has 1 heterocycles. The summed E-state index contributed by atoms with van der Waals surface area (Å²) in [6.45, 7) is 0. The quantitative estimate of drug-likeness (QED) is 0.820. The summed E-state index contributed by atoms with van der Waals surface area (Å²) in [5.41, 5.74) is -1.91. The van der Waals surface area contributed by atoms with Gasteiger partial charge in [0.15, 0.2) is 11.4 Å². The second kappa shape index (κ2) is 3.46. The van der Waals surface area contributed by atoms with Crippen LogP contribution in [-0.2, 0) is 13.2 Å². The molecular weight excluding hydrogens is 225 g/mol. The Bertz CT molecular complexity index is 421. The summed E-state index contributed by atoms with van der Waals surface area (Å²) in [6, 6.07) is -0.0180. The van der Waals surface area contributed by atoms with Crippen LogP contribution >= 0.6 is 0 Å². The lowest BCUT2D eigenvalue weighted by Gasteiger charge is -2.04. The lowest BCUT2D eigenvalue weighted by atomic mass is 10.3. The van der Waals surface area contributed by atoms with Gasteiger partial charge in [0.25, 0.3) is 5.91 Å². The minimum absolute atomic E-state index is 0.0180. The van der Waals surface area contributed by atoms with E-state index in [-0.39, 0.29) is 6.04 Å². The number of nitrogens with one attached hydrogen (secondary N) is 1. The van der Waals surface area contributed by atoms with Gasteiger partial charge in [-0.15, -0.1) is 10.2 Å². The Morgan fingerprint density at radius 3 is 2.56 bits per heavy atom. The second-order valence-corrected chi connectivity index (χ2v) is 3.63. The number of alkyl halides is 3. The fourth-order valence-electron chi connectivity index (χ4n) is 1.23. The maximum Gasteiger partial charge on any atom is 0.437 e. The largest absolute Gasteiger partial charge is 0.437 e. The van der Waals surface area contributed by atoms with Crippen LogP contribution in [0.25, 0.3) is 0 Å². The van der Waals surface area contributed by atoms with Gasteiger partial charge in [0.1, 0.15) is 0 Å². The molecule has 0 bridgehead atoms. The Morgan fingerprint density at radius 2 is 2.06 bits per heavy atom. The Morgan fingerprint density at radius 1 is 1.44 bits per heavy atom. The SMILES string of the molecule is Cn1nc(C(=O)NC2CC2)c(C(F)(F)F)n1. The zero-order valence-electron chi connectivity index (χ0n) is 8.38. The third kappa shape index (κ3) is 2.15. The summed E-state index contributed by atoms with van der Waals surface area (Å²) in [5.74, 6) is -0.817. The maximum absolute atomic E-state index is 12.5. The van der Waals surface area contributed by atoms with E-state index >= 15 is 0 Å². The monoisotopic (exact) mass is 234 g/mol. The summed E-state index contributed by atoms with van der Waals surface area (Å²) in [4.78, 5) is 12.2. The molecule has 0 radical (unpaired) electrons. The van der Waals surface area contributed by atoms with Crippen LogP contribution in [0.2, 0.25) is 0 Å². The van der Waals surface area contributed by atoms with E-state index in [2.05, 4.69) is 15.5 Å². The highest BCUT2D eigenvalue weighted by Crippen LogP contribution is 2.30. The first-order chi connectivity index (χ1) is 7.38. The van der Waals surface area contributed by atoms with Gasteiger partial charge in [-0.1, -0.05) is 0 Å². The lowest BCUT2D eigenvalue weighted by Crippen LogP contribution is -2.28. The zero-order valence-corrected chi connectivity index (χ0v) is 8.38. The van der Waals surface area contributed by atoms with Crippen LogP contribution in [0.4, 0.5) is 13.2 Å². The molecule has 0 aliphatic heterocycles. The van der Waals surface area contributed by atoms with Crippen molar-refractivity contribution in [3.05, 3.63) is 11.4 Å². The number of nitrogens with zero attached hydrogens (tertiary/aromatic N) is 3. The molecule has 1 aromatic heterocycles. The van der Waals surface area contributed by atoms with Crippen molar-refractivity contribution in [2.24, 2.45) is 7.05 Å². The maximum atomic E-state index is 12.5. The van der Waals surface area contributed by atoms with Crippen LogP contribution in [-0.4, -0.2) is 26.9 Å². The molecule has 1 N–H and O–H groups in total. The molecule has 2 rings (SSSR count). The van der Waals surface area contributed by atoms with Gasteiger partial charge in [-0.2, -0.15) is 18.0 Å². The molecule has 1 aromatic rings. The number of aromatic nitrogens is 3. The van der Waals surface area contributed by atoms with Crippen molar-refractivity contribution in [3.63, 3.8) is 0 Å². The van der Waals surface area contributed by atoms with E-state index in [0.717, 1.165) is 17.6 Å². The van der Waals surface area contributed by atoms with Gasteiger partial charge in [0, 0.05) is 13.1 Å². The molecule has 1 aliphatic carbocycles. The summed E-state index contributed by atoms with van der Waals surface area (Å²) >= 11 is 0. The van der Waals surface area contributed by atoms with Crippen LogP contribution in [0, 0.1) is 0 Å². The predicted octanol–water partition coefficient (Wildman–Crippen LogP) is 0.726. The van der Waals surface area contributed by atoms with Crippen molar-refractivity contribution >= 4 is 5.91 Å². The molecule has 16 heavy (non-hydrogen) atoms. The molecule has 1 fully saturated rings. The molecule has 0 aromatic carbocycles. The van der Waals surface area contributed by atoms with Gasteiger partial charge < -0.3 is 5.32 Å². The molecule has 5 nitrogen and oxygen atoms in total. The highest BCUT2D eigenvalue weighted by atomic mass is 19.4. The number of carbonyl (C=O) groups excluding carboxylic acids is 1. The van der Waals surface area contributed by atoms with Crippen molar-refractivity contribution in [2.45, 2.75) is 25.1 Å². The van der Waals surface area contributed by atoms with Crippen molar-refractivity contribution in [2.75, 3.05) is 0 Å². The molecular formula is C8H9F3N4O. The Hall–Kier alpha value is -1.60. The van der Waals surface area contributed by atoms with Crippen molar-refractivity contribution in [1.82, 2.24) is 20.3 Å². The van der Waals surface area contributed by atoms with E-state index in [9.17, 15) is 18.0 Å². The second-order valence-electron chi connectivity index (χ2n) is 3.63. The van der Waals surface area contributed by atoms with Gasteiger partial charge in [-0.05, 0) is 12.8 Å². The van der Waals surface area contributed by atoms with E-state index in [0.29, 0.717) is 0 Å². The molecule has 1 aliphatic rings. The number of aryl methyl sites for hydroxylation is 1. The normalized spacial score (nSPS) is 16.2. The standard InChI is InChI=1S/C8H9F3N4O/c1-15-13-5(6(14-15)8(9,10)11)7(16)12-4-2-3-4/h4H,2-3H2,1H3,(H,12,16). The zero-order chi connectivity index (χ0) is 11.9. The van der Waals surface area contributed by atoms with E-state index < -0.39 is 23.5 Å². The van der Waals surface area contributed by atoms with Gasteiger partial charge >= 0.3 is 6.18 Å². The summed E-state index contributed by atoms with van der Waals surface area (Å²) in [7, 11) is 1.24. The van der Waals surface area contributed by atoms with Crippen molar-refractivity contribution < 1.29 is 18.0 Å². The molecule has 88 valence electrons. The third-order valence-corrected chi connectivity index (χ3v) is 2.11. The number of amides is 1. The summed E-state index contributed by atoms with van der Waals surface area (Å²) in [5, 5.41) is 9.02. The van der Waals surface area contributed by atoms with Crippen LogP contribution < -0.4 is 5.32 Å². The topological polar surface area (TPSA) is 59.8 Å². The van der Waals surface area contributed by atoms with Crippen LogP contribution in [0.15, 0.2) is 0 Å². The van der Waals surface area contributed by atoms with Crippen LogP contribution in [0.5, 0.6) is 0 Å². The molecule has 0 unspecified atom stereocenters. The fourth-order valence-corrected chi connectivity index (χ4v) is 1.23. The first-order valence-electron chi connectivity index (χ1n) is 4.67. The minimum atomic E-state index is -4.66. The van der Waals surface area contributed by atoms with Crippen LogP contribution in [0.1, 0.15) is 29.0 Å². The number of hydrogen-bond acceptors (Lipinski definition) is 3. The van der Waals surface area contributed by atoms with Crippen LogP contribution in [0.3, 0.4) is 0 Å². The van der Waals surface area contributed by atoms with E-state index in [1.54, 1.807) is 0 Å². The lowest BCUT2D eigenvalue weighted by molar-refractivity contribution is -0.141. The van der Waals surface area contributed by atoms with Crippen molar-refractivity contribution in [3.8, 4) is 0 Å². The Labute approximate surface area is 88.6 Å². The minimum Gasteiger partial charge on any atom is -0.348 e. The number of carbonyl (C=O) groups is 1. The Balaban J connectivity index is 2.27. The average Bonchev–Trinajstić information content (AvgIpc) is 2.84. The molecule has 1 saturated carbocycles. The number of rotatable bonds is 2. The average molecular weight is 234 g/mol. The fraction of sp³-hybridized carbons (Fsp3) is 0.625. The smallest absolute Gasteiger partial charge is 0.348 e. The van der Waals surface area contributed by atoms with Crippen molar-refractivity contribution in [1.29, 1.82) is 0 Å². The van der Waals surface area contributed by atoms with Gasteiger partial charge in [0.2, 0.25) is 0 Å². The van der Waals surface area contributed by atoms with Gasteiger partial charge in [-0.3, -0.25) is 4.79 Å². The number of halogens is 3. The van der Waals surface area contributed by atoms with Gasteiger partial charge in [-0.25, -0.2) is 0 Å². The first kappa shape index (κ1) is 10.9. The van der Waals surface area contributed by atoms with E-state index in [1.807, 2.05) is 0 Å². The first-order valence-corrected chi connectivity index (χ1v) is 4.67. The molecule has 0 atom stereocenters. The summed E-state index contributed by atoms with van der Waals surface area (Å²) in [6.07, 6.45) is -3.06. The molecule has 0 spiro atoms.